The fourth-order valence-electron chi connectivity index (χ4n) is 2.22. The van der Waals surface area contributed by atoms with Gasteiger partial charge in [0.1, 0.15) is 0 Å². The molecule has 0 saturated carbocycles. The highest BCUT2D eigenvalue weighted by molar-refractivity contribution is 5.95. The first-order valence-electron chi connectivity index (χ1n) is 7.23. The quantitative estimate of drug-likeness (QED) is 0.876. The van der Waals surface area contributed by atoms with E-state index in [1.54, 1.807) is 14.0 Å². The third-order valence-electron chi connectivity index (χ3n) is 3.71. The molecule has 0 aliphatic heterocycles. The van der Waals surface area contributed by atoms with Gasteiger partial charge in [0.2, 0.25) is 0 Å². The van der Waals surface area contributed by atoms with Gasteiger partial charge in [-0.15, -0.1) is 0 Å². The summed E-state index contributed by atoms with van der Waals surface area (Å²) in [5.74, 6) is -3.46. The molecule has 1 amide bonds. The van der Waals surface area contributed by atoms with Crippen molar-refractivity contribution < 1.29 is 23.5 Å². The molecule has 1 N–H and O–H groups in total. The van der Waals surface area contributed by atoms with Crippen LogP contribution < -0.4 is 0 Å². The van der Waals surface area contributed by atoms with E-state index in [1.165, 1.54) is 21.8 Å². The zero-order chi connectivity index (χ0) is 17.9. The topological polar surface area (TPSA) is 75.4 Å². The minimum Gasteiger partial charge on any atom is -0.481 e. The van der Waals surface area contributed by atoms with E-state index in [0.717, 1.165) is 12.1 Å². The molecule has 0 aliphatic rings. The summed E-state index contributed by atoms with van der Waals surface area (Å²) in [5.41, 5.74) is 1.34. The minimum absolute atomic E-state index is 0.0301. The van der Waals surface area contributed by atoms with Crippen LogP contribution in [0.5, 0.6) is 0 Å². The molecular weight excluding hydrogens is 320 g/mol. The van der Waals surface area contributed by atoms with Crippen LogP contribution >= 0.6 is 0 Å². The van der Waals surface area contributed by atoms with Crippen LogP contribution in [-0.4, -0.2) is 38.2 Å². The second kappa shape index (κ2) is 7.20. The summed E-state index contributed by atoms with van der Waals surface area (Å²) in [6.45, 7) is 1.63. The molecule has 2 rings (SSSR count). The van der Waals surface area contributed by atoms with E-state index in [4.69, 9.17) is 5.11 Å². The summed E-state index contributed by atoms with van der Waals surface area (Å²) < 4.78 is 27.9. The van der Waals surface area contributed by atoms with E-state index < -0.39 is 23.5 Å². The van der Waals surface area contributed by atoms with Crippen LogP contribution in [0.2, 0.25) is 0 Å². The van der Waals surface area contributed by atoms with Gasteiger partial charge in [-0.1, -0.05) is 6.07 Å². The van der Waals surface area contributed by atoms with E-state index in [2.05, 4.69) is 5.10 Å². The zero-order valence-electron chi connectivity index (χ0n) is 13.3. The number of hydrogen-bond acceptors (Lipinski definition) is 3. The van der Waals surface area contributed by atoms with Crippen molar-refractivity contribution in [1.29, 1.82) is 0 Å². The van der Waals surface area contributed by atoms with Gasteiger partial charge in [-0.25, -0.2) is 8.78 Å². The van der Waals surface area contributed by atoms with Crippen LogP contribution in [0.3, 0.4) is 0 Å². The number of carboxylic acid groups (broad SMARTS) is 1. The Morgan fingerprint density at radius 3 is 2.54 bits per heavy atom. The highest BCUT2D eigenvalue weighted by atomic mass is 19.2. The first-order chi connectivity index (χ1) is 11.3. The molecule has 128 valence electrons. The summed E-state index contributed by atoms with van der Waals surface area (Å²) in [4.78, 5) is 24.8. The molecule has 0 spiro atoms. The van der Waals surface area contributed by atoms with Crippen molar-refractivity contribution in [3.63, 3.8) is 0 Å². The van der Waals surface area contributed by atoms with Crippen LogP contribution in [0.25, 0.3) is 0 Å². The lowest BCUT2D eigenvalue weighted by atomic mass is 10.1. The van der Waals surface area contributed by atoms with Crippen LogP contribution in [0.15, 0.2) is 24.4 Å². The van der Waals surface area contributed by atoms with Gasteiger partial charge in [0.15, 0.2) is 11.6 Å². The number of carboxylic acids is 1. The van der Waals surface area contributed by atoms with Gasteiger partial charge < -0.3 is 10.0 Å². The molecule has 0 saturated heterocycles. The standard InChI is InChI=1S/C16H17F2N3O3/c1-10-12(8-19-20(10)2)16(24)21(6-5-15(22)23)9-11-3-4-13(17)14(18)7-11/h3-4,7-8H,5-6,9H2,1-2H3,(H,22,23). The first-order valence-corrected chi connectivity index (χ1v) is 7.23. The molecule has 0 fully saturated rings. The van der Waals surface area contributed by atoms with Gasteiger partial charge in [-0.2, -0.15) is 5.10 Å². The van der Waals surface area contributed by atoms with Crippen LogP contribution in [0.4, 0.5) is 8.78 Å². The number of hydrogen-bond donors (Lipinski definition) is 1. The number of nitrogens with zero attached hydrogens (tertiary/aromatic N) is 3. The highest BCUT2D eigenvalue weighted by Gasteiger charge is 2.21. The molecular formula is C16H17F2N3O3. The largest absolute Gasteiger partial charge is 0.481 e. The van der Waals surface area contributed by atoms with Crippen LogP contribution in [-0.2, 0) is 18.4 Å². The van der Waals surface area contributed by atoms with E-state index in [0.29, 0.717) is 16.8 Å². The van der Waals surface area contributed by atoms with Gasteiger partial charge in [0.05, 0.1) is 18.2 Å². The van der Waals surface area contributed by atoms with Crippen molar-refractivity contribution in [2.45, 2.75) is 19.9 Å². The van der Waals surface area contributed by atoms with Crippen molar-refractivity contribution in [2.75, 3.05) is 6.54 Å². The summed E-state index contributed by atoms with van der Waals surface area (Å²) in [5, 5.41) is 12.8. The Morgan fingerprint density at radius 1 is 1.29 bits per heavy atom. The monoisotopic (exact) mass is 337 g/mol. The molecule has 8 heteroatoms. The first kappa shape index (κ1) is 17.6. The number of halogens is 2. The van der Waals surface area contributed by atoms with Crippen molar-refractivity contribution >= 4 is 11.9 Å². The van der Waals surface area contributed by atoms with Crippen molar-refractivity contribution in [1.82, 2.24) is 14.7 Å². The summed E-state index contributed by atoms with van der Waals surface area (Å²) >= 11 is 0. The predicted molar refractivity (Wildman–Crippen MR) is 81.3 cm³/mol. The number of aromatic nitrogens is 2. The molecule has 6 nitrogen and oxygen atoms in total. The fourth-order valence-corrected chi connectivity index (χ4v) is 2.22. The Kier molecular flexibility index (Phi) is 5.28. The van der Waals surface area contributed by atoms with Gasteiger partial charge in [0, 0.05) is 25.8 Å². The number of aryl methyl sites for hydroxylation is 1. The lowest BCUT2D eigenvalue weighted by molar-refractivity contribution is -0.137. The smallest absolute Gasteiger partial charge is 0.305 e. The summed E-state index contributed by atoms with van der Waals surface area (Å²) in [7, 11) is 1.68. The summed E-state index contributed by atoms with van der Waals surface area (Å²) in [6.07, 6.45) is 1.14. The van der Waals surface area contributed by atoms with Gasteiger partial charge >= 0.3 is 5.97 Å². The Hall–Kier alpha value is -2.77. The highest BCUT2D eigenvalue weighted by Crippen LogP contribution is 2.15. The summed E-state index contributed by atoms with van der Waals surface area (Å²) in [6, 6.07) is 3.32. The maximum absolute atomic E-state index is 13.3. The fraction of sp³-hybridized carbons (Fsp3) is 0.312. The Bertz CT molecular complexity index is 774. The lowest BCUT2D eigenvalue weighted by Gasteiger charge is -2.22. The van der Waals surface area contributed by atoms with E-state index in [-0.39, 0.29) is 19.5 Å². The average molecular weight is 337 g/mol. The van der Waals surface area contributed by atoms with E-state index in [1.807, 2.05) is 0 Å². The molecule has 1 aromatic heterocycles. The second-order valence-electron chi connectivity index (χ2n) is 5.39. The van der Waals surface area contributed by atoms with Crippen LogP contribution in [0, 0.1) is 18.6 Å². The maximum Gasteiger partial charge on any atom is 0.305 e. The van der Waals surface area contributed by atoms with E-state index in [9.17, 15) is 18.4 Å². The van der Waals surface area contributed by atoms with Crippen molar-refractivity contribution in [2.24, 2.45) is 7.05 Å². The third kappa shape index (κ3) is 3.95. The van der Waals surface area contributed by atoms with Gasteiger partial charge in [-0.3, -0.25) is 14.3 Å². The number of carbonyl (C=O) groups is 2. The molecule has 2 aromatic rings. The lowest BCUT2D eigenvalue weighted by Crippen LogP contribution is -2.33. The molecule has 0 atom stereocenters. The average Bonchev–Trinajstić information content (AvgIpc) is 2.86. The van der Waals surface area contributed by atoms with E-state index >= 15 is 0 Å². The van der Waals surface area contributed by atoms with Crippen molar-refractivity contribution in [3.05, 3.63) is 52.9 Å². The zero-order valence-corrected chi connectivity index (χ0v) is 13.3. The number of benzene rings is 1. The number of carbonyl (C=O) groups excluding carboxylic acids is 1. The Balaban J connectivity index is 2.26. The second-order valence-corrected chi connectivity index (χ2v) is 5.39. The number of amides is 1. The van der Waals surface area contributed by atoms with Crippen LogP contribution in [0.1, 0.15) is 28.0 Å². The third-order valence-corrected chi connectivity index (χ3v) is 3.71. The number of rotatable bonds is 6. The molecule has 0 radical (unpaired) electrons. The minimum atomic E-state index is -1.05. The molecule has 0 aliphatic carbocycles. The van der Waals surface area contributed by atoms with Gasteiger partial charge in [0.25, 0.3) is 5.91 Å². The number of aliphatic carboxylic acids is 1. The Morgan fingerprint density at radius 2 is 2.00 bits per heavy atom. The maximum atomic E-state index is 13.3. The molecule has 0 bridgehead atoms. The Labute approximate surface area is 137 Å². The molecule has 1 aromatic carbocycles. The SMILES string of the molecule is Cc1c(C(=O)N(CCC(=O)O)Cc2ccc(F)c(F)c2)cnn1C. The van der Waals surface area contributed by atoms with Crippen molar-refractivity contribution in [3.8, 4) is 0 Å². The normalized spacial score (nSPS) is 10.7. The van der Waals surface area contributed by atoms with Gasteiger partial charge in [-0.05, 0) is 24.6 Å². The molecule has 1 heterocycles. The molecule has 0 unspecified atom stereocenters. The predicted octanol–water partition coefficient (Wildman–Crippen LogP) is 2.12. The molecule has 24 heavy (non-hydrogen) atoms.